The lowest BCUT2D eigenvalue weighted by Crippen LogP contribution is -2.06. The van der Waals surface area contributed by atoms with Gasteiger partial charge in [0, 0.05) is 27.7 Å². The van der Waals surface area contributed by atoms with E-state index < -0.39 is 6.16 Å². The zero-order valence-corrected chi connectivity index (χ0v) is 12.9. The van der Waals surface area contributed by atoms with Crippen LogP contribution in [0.15, 0.2) is 24.3 Å². The van der Waals surface area contributed by atoms with E-state index in [-0.39, 0.29) is 5.78 Å². The fourth-order valence-electron chi connectivity index (χ4n) is 2.69. The molecule has 5 nitrogen and oxygen atoms in total. The van der Waals surface area contributed by atoms with Crippen molar-refractivity contribution in [3.05, 3.63) is 41.1 Å². The van der Waals surface area contributed by atoms with Crippen molar-refractivity contribution in [3.8, 4) is 0 Å². The number of hydrogen-bond acceptors (Lipinski definition) is 3. The number of Topliss-reactive ketones (excluding diaryl/α,β-unsaturated/α-hetero) is 1. The van der Waals surface area contributed by atoms with Crippen LogP contribution in [0.2, 0.25) is 0 Å². The van der Waals surface area contributed by atoms with Gasteiger partial charge in [0.1, 0.15) is 5.76 Å². The lowest BCUT2D eigenvalue weighted by molar-refractivity contribution is 0.101. The second kappa shape index (κ2) is 6.47. The first-order valence-electron chi connectivity index (χ1n) is 7.33. The van der Waals surface area contributed by atoms with E-state index in [1.807, 2.05) is 26.0 Å². The zero-order valence-electron chi connectivity index (χ0n) is 12.9. The Balaban J connectivity index is 0.000000847. The largest absolute Gasteiger partial charge is 0.511 e. The fourth-order valence-corrected chi connectivity index (χ4v) is 2.69. The number of fused-ring (bicyclic) bond motifs is 3. The molecular formula is C17H19NO4. The second-order valence-corrected chi connectivity index (χ2v) is 4.74. The molecule has 1 aromatic carbocycles. The number of benzene rings is 1. The lowest BCUT2D eigenvalue weighted by atomic mass is 9.96. The normalized spacial score (nSPS) is 12.8. The first-order chi connectivity index (χ1) is 10.6. The smallest absolute Gasteiger partial charge is 0.449 e. The van der Waals surface area contributed by atoms with Crippen molar-refractivity contribution in [2.24, 2.45) is 0 Å². The number of ether oxygens (including phenoxy) is 1. The Morgan fingerprint density at radius 2 is 2.00 bits per heavy atom. The Bertz CT molecular complexity index is 755. The zero-order chi connectivity index (χ0) is 16.3. The Kier molecular flexibility index (Phi) is 4.65. The van der Waals surface area contributed by atoms with Crippen LogP contribution in [0.3, 0.4) is 0 Å². The quantitative estimate of drug-likeness (QED) is 0.637. The van der Waals surface area contributed by atoms with Crippen LogP contribution in [-0.4, -0.2) is 22.0 Å². The van der Waals surface area contributed by atoms with E-state index in [9.17, 15) is 9.59 Å². The van der Waals surface area contributed by atoms with E-state index in [2.05, 4.69) is 4.98 Å². The highest BCUT2D eigenvalue weighted by Gasteiger charge is 2.24. The number of ketones is 1. The highest BCUT2D eigenvalue weighted by Crippen LogP contribution is 2.36. The third-order valence-corrected chi connectivity index (χ3v) is 3.45. The molecule has 0 aliphatic heterocycles. The molecule has 3 rings (SSSR count). The molecule has 5 heteroatoms. The average Bonchev–Trinajstić information content (AvgIpc) is 2.87. The van der Waals surface area contributed by atoms with Crippen LogP contribution >= 0.6 is 0 Å². The summed E-state index contributed by atoms with van der Waals surface area (Å²) in [5, 5.41) is 9.58. The number of aromatic nitrogens is 1. The van der Waals surface area contributed by atoms with Gasteiger partial charge in [0.15, 0.2) is 5.78 Å². The molecule has 0 atom stereocenters. The Morgan fingerprint density at radius 1 is 1.27 bits per heavy atom. The number of hydrogen-bond donors (Lipinski definition) is 2. The molecule has 2 N–H and O–H groups in total. The molecule has 2 aromatic rings. The number of aromatic amines is 1. The minimum absolute atomic E-state index is 0.0577. The Hall–Kier alpha value is -2.56. The Morgan fingerprint density at radius 3 is 2.64 bits per heavy atom. The van der Waals surface area contributed by atoms with Crippen molar-refractivity contribution < 1.29 is 19.4 Å². The maximum atomic E-state index is 11.8. The van der Waals surface area contributed by atoms with Gasteiger partial charge in [-0.1, -0.05) is 26.0 Å². The summed E-state index contributed by atoms with van der Waals surface area (Å²) in [5.74, 6) is 0.247. The van der Waals surface area contributed by atoms with Gasteiger partial charge in [-0.15, -0.1) is 0 Å². The minimum atomic E-state index is -1.35. The number of carbonyl (C=O) groups excluding carboxylic acids is 1. The number of aryl methyl sites for hydroxylation is 1. The van der Waals surface area contributed by atoms with E-state index in [1.54, 1.807) is 12.1 Å². The van der Waals surface area contributed by atoms with Crippen molar-refractivity contribution in [1.29, 1.82) is 0 Å². The molecule has 22 heavy (non-hydrogen) atoms. The van der Waals surface area contributed by atoms with Crippen molar-refractivity contribution in [3.63, 3.8) is 0 Å². The summed E-state index contributed by atoms with van der Waals surface area (Å²) in [6, 6.07) is 5.42. The maximum Gasteiger partial charge on any atom is 0.511 e. The van der Waals surface area contributed by atoms with Crippen LogP contribution in [0.25, 0.3) is 16.7 Å². The van der Waals surface area contributed by atoms with E-state index in [1.165, 1.54) is 6.92 Å². The van der Waals surface area contributed by atoms with E-state index >= 15 is 0 Å². The van der Waals surface area contributed by atoms with Gasteiger partial charge in [0.25, 0.3) is 0 Å². The predicted molar refractivity (Wildman–Crippen MR) is 85.1 cm³/mol. The summed E-state index contributed by atoms with van der Waals surface area (Å²) in [4.78, 5) is 25.8. The highest BCUT2D eigenvalue weighted by molar-refractivity contribution is 6.10. The first kappa shape index (κ1) is 15.8. The lowest BCUT2D eigenvalue weighted by Gasteiger charge is -2.13. The van der Waals surface area contributed by atoms with Gasteiger partial charge in [-0.2, -0.15) is 0 Å². The third kappa shape index (κ3) is 2.74. The van der Waals surface area contributed by atoms with Gasteiger partial charge in [0.2, 0.25) is 0 Å². The monoisotopic (exact) mass is 301 g/mol. The average molecular weight is 301 g/mol. The molecule has 1 aliphatic carbocycles. The van der Waals surface area contributed by atoms with Crippen LogP contribution < -0.4 is 0 Å². The van der Waals surface area contributed by atoms with Crippen LogP contribution in [0.4, 0.5) is 4.79 Å². The summed E-state index contributed by atoms with van der Waals surface area (Å²) in [5.41, 5.74) is 3.00. The van der Waals surface area contributed by atoms with E-state index in [0.29, 0.717) is 23.3 Å². The molecule has 0 saturated carbocycles. The molecule has 1 aliphatic rings. The molecule has 116 valence electrons. The maximum absolute atomic E-state index is 11.8. The molecular weight excluding hydrogens is 282 g/mol. The summed E-state index contributed by atoms with van der Waals surface area (Å²) in [6.07, 6.45) is 1.88. The molecule has 0 fully saturated rings. The predicted octanol–water partition coefficient (Wildman–Crippen LogP) is 4.38. The molecule has 0 saturated heterocycles. The topological polar surface area (TPSA) is 79.4 Å². The summed E-state index contributed by atoms with van der Waals surface area (Å²) in [6.45, 7) is 5.50. The number of nitrogens with one attached hydrogen (secondary N) is 1. The van der Waals surface area contributed by atoms with Crippen LogP contribution in [0.1, 0.15) is 48.8 Å². The summed E-state index contributed by atoms with van der Waals surface area (Å²) in [7, 11) is 0. The number of allylic oxidation sites excluding steroid dienone is 1. The van der Waals surface area contributed by atoms with Gasteiger partial charge in [0.05, 0.1) is 0 Å². The molecule has 1 heterocycles. The van der Waals surface area contributed by atoms with Gasteiger partial charge in [-0.25, -0.2) is 4.79 Å². The van der Waals surface area contributed by atoms with Crippen LogP contribution in [0.5, 0.6) is 0 Å². The standard InChI is InChI=1S/C15H13NO4.C2H6/c1-8(17)9-4-2-5-10-13(9)14-11(16-10)6-3-7-12(14)20-15(18)19;1-2/h2,4-5,7,16H,3,6H2,1H3,(H,18,19);1-2H3. The molecule has 1 aromatic heterocycles. The highest BCUT2D eigenvalue weighted by atomic mass is 16.7. The molecule has 0 bridgehead atoms. The van der Waals surface area contributed by atoms with Gasteiger partial charge >= 0.3 is 6.16 Å². The fraction of sp³-hybridized carbons (Fsp3) is 0.294. The number of rotatable bonds is 2. The van der Waals surface area contributed by atoms with Crippen molar-refractivity contribution in [2.45, 2.75) is 33.6 Å². The van der Waals surface area contributed by atoms with E-state index in [0.717, 1.165) is 23.0 Å². The minimum Gasteiger partial charge on any atom is -0.449 e. The van der Waals surface area contributed by atoms with Crippen molar-refractivity contribution >= 4 is 28.6 Å². The van der Waals surface area contributed by atoms with Gasteiger partial charge < -0.3 is 14.8 Å². The molecule has 0 radical (unpaired) electrons. The molecule has 0 unspecified atom stereocenters. The Labute approximate surface area is 128 Å². The van der Waals surface area contributed by atoms with Gasteiger partial charge in [-0.3, -0.25) is 4.79 Å². The number of carbonyl (C=O) groups is 2. The van der Waals surface area contributed by atoms with Crippen LogP contribution in [-0.2, 0) is 11.2 Å². The van der Waals surface area contributed by atoms with Crippen molar-refractivity contribution in [1.82, 2.24) is 4.98 Å². The summed E-state index contributed by atoms with van der Waals surface area (Å²) >= 11 is 0. The summed E-state index contributed by atoms with van der Waals surface area (Å²) < 4.78 is 4.87. The third-order valence-electron chi connectivity index (χ3n) is 3.45. The molecule has 0 amide bonds. The van der Waals surface area contributed by atoms with Crippen molar-refractivity contribution in [2.75, 3.05) is 0 Å². The SMILES string of the molecule is CC.CC(=O)c1cccc2[nH]c3c(c12)C(OC(=O)O)=CCC3. The number of carboxylic acid groups (broad SMARTS) is 1. The van der Waals surface area contributed by atoms with Crippen LogP contribution in [0, 0.1) is 0 Å². The second-order valence-electron chi connectivity index (χ2n) is 4.74. The number of H-pyrrole nitrogens is 1. The first-order valence-corrected chi connectivity index (χ1v) is 7.33. The van der Waals surface area contributed by atoms with E-state index in [4.69, 9.17) is 9.84 Å². The molecule has 0 spiro atoms. The van der Waals surface area contributed by atoms with Gasteiger partial charge in [-0.05, 0) is 31.9 Å².